The lowest BCUT2D eigenvalue weighted by molar-refractivity contribution is -0.142. The smallest absolute Gasteiger partial charge is 0.326 e. The minimum atomic E-state index is -0.875. The Morgan fingerprint density at radius 2 is 1.70 bits per heavy atom. The van der Waals surface area contributed by atoms with Crippen LogP contribution in [0.2, 0.25) is 0 Å². The van der Waals surface area contributed by atoms with Gasteiger partial charge in [-0.15, -0.1) is 0 Å². The van der Waals surface area contributed by atoms with Crippen LogP contribution in [0.15, 0.2) is 0 Å². The molecule has 2 amide bonds. The molecule has 2 fully saturated rings. The Morgan fingerprint density at radius 1 is 1.10 bits per heavy atom. The van der Waals surface area contributed by atoms with Crippen LogP contribution in [0, 0.1) is 17.8 Å². The van der Waals surface area contributed by atoms with Crippen LogP contribution in [0.25, 0.3) is 0 Å². The molecule has 0 spiro atoms. The predicted molar refractivity (Wildman–Crippen MR) is 76.4 cm³/mol. The van der Waals surface area contributed by atoms with Gasteiger partial charge in [0.15, 0.2) is 0 Å². The lowest BCUT2D eigenvalue weighted by atomic mass is 9.87. The molecule has 0 aromatic heterocycles. The van der Waals surface area contributed by atoms with Crippen molar-refractivity contribution in [1.29, 1.82) is 0 Å². The summed E-state index contributed by atoms with van der Waals surface area (Å²) in [7, 11) is 0. The molecule has 0 aliphatic carbocycles. The zero-order chi connectivity index (χ0) is 14.9. The lowest BCUT2D eigenvalue weighted by Crippen LogP contribution is -2.51. The van der Waals surface area contributed by atoms with Gasteiger partial charge in [-0.05, 0) is 37.0 Å². The summed E-state index contributed by atoms with van der Waals surface area (Å²) in [4.78, 5) is 27.3. The van der Waals surface area contributed by atoms with Gasteiger partial charge in [0.25, 0.3) is 0 Å². The third-order valence-corrected chi connectivity index (χ3v) is 4.95. The van der Waals surface area contributed by atoms with Crippen molar-refractivity contribution < 1.29 is 14.7 Å². The molecule has 0 aromatic rings. The van der Waals surface area contributed by atoms with Crippen LogP contribution in [-0.2, 0) is 4.79 Å². The topological polar surface area (TPSA) is 60.9 Å². The fourth-order valence-corrected chi connectivity index (χ4v) is 3.48. The monoisotopic (exact) mass is 282 g/mol. The summed E-state index contributed by atoms with van der Waals surface area (Å²) in [5, 5.41) is 9.30. The van der Waals surface area contributed by atoms with Gasteiger partial charge in [0.2, 0.25) is 0 Å². The quantitative estimate of drug-likeness (QED) is 0.845. The maximum absolute atomic E-state index is 12.5. The van der Waals surface area contributed by atoms with E-state index in [0.29, 0.717) is 18.4 Å². The van der Waals surface area contributed by atoms with Crippen LogP contribution < -0.4 is 0 Å². The molecule has 0 saturated carbocycles. The summed E-state index contributed by atoms with van der Waals surface area (Å²) in [6.07, 6.45) is 2.85. The number of urea groups is 1. The molecule has 2 rings (SSSR count). The fourth-order valence-electron chi connectivity index (χ4n) is 3.48. The van der Waals surface area contributed by atoms with Gasteiger partial charge >= 0.3 is 12.0 Å². The minimum absolute atomic E-state index is 0.0460. The van der Waals surface area contributed by atoms with Crippen molar-refractivity contribution in [2.45, 2.75) is 46.1 Å². The Balaban J connectivity index is 1.97. The first-order valence-corrected chi connectivity index (χ1v) is 7.70. The maximum Gasteiger partial charge on any atom is 0.326 e. The third-order valence-electron chi connectivity index (χ3n) is 4.95. The third kappa shape index (κ3) is 2.91. The van der Waals surface area contributed by atoms with Gasteiger partial charge in [-0.3, -0.25) is 0 Å². The molecule has 2 saturated heterocycles. The van der Waals surface area contributed by atoms with Crippen LogP contribution in [0.4, 0.5) is 4.79 Å². The molecule has 5 heteroatoms. The molecule has 2 aliphatic rings. The van der Waals surface area contributed by atoms with Gasteiger partial charge in [-0.25, -0.2) is 9.59 Å². The van der Waals surface area contributed by atoms with Gasteiger partial charge in [-0.1, -0.05) is 20.8 Å². The second-order valence-electron chi connectivity index (χ2n) is 6.59. The maximum atomic E-state index is 12.5. The highest BCUT2D eigenvalue weighted by molar-refractivity contribution is 5.83. The zero-order valence-electron chi connectivity index (χ0n) is 12.7. The molecular formula is C15H26N2O3. The summed E-state index contributed by atoms with van der Waals surface area (Å²) in [5.74, 6) is 0.516. The van der Waals surface area contributed by atoms with Gasteiger partial charge in [0.1, 0.15) is 6.04 Å². The summed E-state index contributed by atoms with van der Waals surface area (Å²) in [6, 6.07) is -0.728. The normalized spacial score (nSPS) is 28.2. The standard InChI is InChI=1S/C15H26N2O3/c1-10(2)12-5-7-16(8-6-12)15(20)17-9-4-11(3)13(17)14(18)19/h10-13H,4-9H2,1-3H3,(H,18,19). The number of carboxylic acid groups (broad SMARTS) is 1. The number of aliphatic carboxylic acids is 1. The number of likely N-dealkylation sites (tertiary alicyclic amines) is 2. The van der Waals surface area contributed by atoms with Gasteiger partial charge < -0.3 is 14.9 Å². The van der Waals surface area contributed by atoms with E-state index in [9.17, 15) is 14.7 Å². The predicted octanol–water partition coefficient (Wildman–Crippen LogP) is 2.27. The number of carboxylic acids is 1. The first-order valence-electron chi connectivity index (χ1n) is 7.70. The summed E-state index contributed by atoms with van der Waals surface area (Å²) >= 11 is 0. The van der Waals surface area contributed by atoms with E-state index in [1.54, 1.807) is 4.90 Å². The Bertz CT molecular complexity index is 375. The fraction of sp³-hybridized carbons (Fsp3) is 0.867. The molecule has 0 bridgehead atoms. The number of carbonyl (C=O) groups excluding carboxylic acids is 1. The molecule has 2 heterocycles. The van der Waals surface area contributed by atoms with E-state index in [0.717, 1.165) is 32.4 Å². The largest absolute Gasteiger partial charge is 0.480 e. The van der Waals surface area contributed by atoms with Crippen molar-refractivity contribution in [1.82, 2.24) is 9.80 Å². The number of rotatable bonds is 2. The number of piperidine rings is 1. The number of hydrogen-bond acceptors (Lipinski definition) is 2. The molecule has 5 nitrogen and oxygen atoms in total. The molecule has 0 aromatic carbocycles. The van der Waals surface area contributed by atoms with Crippen LogP contribution >= 0.6 is 0 Å². The van der Waals surface area contributed by atoms with Gasteiger partial charge in [0.05, 0.1) is 0 Å². The van der Waals surface area contributed by atoms with Crippen molar-refractivity contribution in [3.05, 3.63) is 0 Å². The average Bonchev–Trinajstić information content (AvgIpc) is 2.80. The van der Waals surface area contributed by atoms with E-state index < -0.39 is 12.0 Å². The van der Waals surface area contributed by atoms with Gasteiger partial charge in [0, 0.05) is 19.6 Å². The zero-order valence-corrected chi connectivity index (χ0v) is 12.7. The van der Waals surface area contributed by atoms with Crippen molar-refractivity contribution in [2.24, 2.45) is 17.8 Å². The molecule has 0 radical (unpaired) electrons. The van der Waals surface area contributed by atoms with Gasteiger partial charge in [-0.2, -0.15) is 0 Å². The highest BCUT2D eigenvalue weighted by atomic mass is 16.4. The van der Waals surface area contributed by atoms with E-state index in [-0.39, 0.29) is 11.9 Å². The first kappa shape index (κ1) is 15.1. The number of hydrogen-bond donors (Lipinski definition) is 1. The number of amides is 2. The van der Waals surface area contributed by atoms with Crippen LogP contribution in [0.5, 0.6) is 0 Å². The van der Waals surface area contributed by atoms with Crippen LogP contribution in [0.3, 0.4) is 0 Å². The van der Waals surface area contributed by atoms with E-state index in [2.05, 4.69) is 13.8 Å². The molecule has 2 unspecified atom stereocenters. The van der Waals surface area contributed by atoms with Crippen molar-refractivity contribution in [3.8, 4) is 0 Å². The Hall–Kier alpha value is -1.26. The van der Waals surface area contributed by atoms with E-state index in [4.69, 9.17) is 0 Å². The lowest BCUT2D eigenvalue weighted by Gasteiger charge is -2.37. The molecule has 2 aliphatic heterocycles. The van der Waals surface area contributed by atoms with Crippen LogP contribution in [-0.4, -0.2) is 52.6 Å². The Labute approximate surface area is 120 Å². The number of nitrogens with zero attached hydrogens (tertiary/aromatic N) is 2. The number of carbonyl (C=O) groups is 2. The Kier molecular flexibility index (Phi) is 4.55. The van der Waals surface area contributed by atoms with Crippen molar-refractivity contribution in [3.63, 3.8) is 0 Å². The highest BCUT2D eigenvalue weighted by Crippen LogP contribution is 2.28. The van der Waals surface area contributed by atoms with Crippen LogP contribution in [0.1, 0.15) is 40.0 Å². The van der Waals surface area contributed by atoms with Crippen molar-refractivity contribution >= 4 is 12.0 Å². The summed E-state index contributed by atoms with van der Waals surface area (Å²) in [6.45, 7) is 8.46. The minimum Gasteiger partial charge on any atom is -0.480 e. The highest BCUT2D eigenvalue weighted by Gasteiger charge is 2.41. The van der Waals surface area contributed by atoms with Crippen molar-refractivity contribution in [2.75, 3.05) is 19.6 Å². The molecular weight excluding hydrogens is 256 g/mol. The molecule has 20 heavy (non-hydrogen) atoms. The summed E-state index contributed by atoms with van der Waals surface area (Å²) in [5.41, 5.74) is 0. The molecule has 1 N–H and O–H groups in total. The van der Waals surface area contributed by atoms with E-state index >= 15 is 0 Å². The SMILES string of the molecule is CC(C)C1CCN(C(=O)N2CCC(C)C2C(=O)O)CC1. The summed E-state index contributed by atoms with van der Waals surface area (Å²) < 4.78 is 0. The molecule has 2 atom stereocenters. The van der Waals surface area contributed by atoms with E-state index in [1.807, 2.05) is 11.8 Å². The second kappa shape index (κ2) is 6.02. The van der Waals surface area contributed by atoms with E-state index in [1.165, 1.54) is 0 Å². The second-order valence-corrected chi connectivity index (χ2v) is 6.59. The average molecular weight is 282 g/mol. The first-order chi connectivity index (χ1) is 9.41. The Morgan fingerprint density at radius 3 is 2.20 bits per heavy atom. The molecule has 114 valence electrons.